The van der Waals surface area contributed by atoms with E-state index >= 15 is 0 Å². The Labute approximate surface area is 121 Å². The van der Waals surface area contributed by atoms with Crippen LogP contribution in [0.2, 0.25) is 5.15 Å². The molecular weight excluding hydrogens is 258 g/mol. The van der Waals surface area contributed by atoms with Crippen LogP contribution in [0.3, 0.4) is 0 Å². The topological polar surface area (TPSA) is 37.8 Å². The van der Waals surface area contributed by atoms with Crippen molar-refractivity contribution >= 4 is 17.4 Å². The fourth-order valence-electron chi connectivity index (χ4n) is 2.29. The lowest BCUT2D eigenvalue weighted by molar-refractivity contribution is 0.584. The first kappa shape index (κ1) is 14.6. The van der Waals surface area contributed by atoms with Gasteiger partial charge in [-0.1, -0.05) is 38.3 Å². The molecule has 0 aromatic carbocycles. The maximum Gasteiger partial charge on any atom is 0.137 e. The molecule has 1 heterocycles. The number of hydrogen-bond acceptors (Lipinski definition) is 3. The first-order valence-electron chi connectivity index (χ1n) is 7.43. The average molecular weight is 282 g/mol. The van der Waals surface area contributed by atoms with Crippen LogP contribution in [0, 0.1) is 12.8 Å². The highest BCUT2D eigenvalue weighted by Crippen LogP contribution is 2.35. The van der Waals surface area contributed by atoms with E-state index in [1.807, 2.05) is 6.92 Å². The van der Waals surface area contributed by atoms with Gasteiger partial charge in [0.25, 0.3) is 0 Å². The molecule has 4 heteroatoms. The van der Waals surface area contributed by atoms with E-state index in [9.17, 15) is 0 Å². The summed E-state index contributed by atoms with van der Waals surface area (Å²) in [6.45, 7) is 6.35. The summed E-state index contributed by atoms with van der Waals surface area (Å²) in [6, 6.07) is 0.506. The van der Waals surface area contributed by atoms with Crippen molar-refractivity contribution in [1.82, 2.24) is 9.97 Å². The van der Waals surface area contributed by atoms with E-state index < -0.39 is 0 Å². The standard InChI is InChI=1S/C15H24ClN3/c1-4-6-13-18-14(16)10(3)15(19-13)17-12(5-2)9-11-7-8-11/h11-12H,4-9H2,1-3H3,(H,17,18,19). The quantitative estimate of drug-likeness (QED) is 0.754. The normalized spacial score (nSPS) is 16.4. The maximum absolute atomic E-state index is 6.21. The van der Waals surface area contributed by atoms with Crippen LogP contribution in [0.4, 0.5) is 5.82 Å². The number of nitrogens with one attached hydrogen (secondary N) is 1. The van der Waals surface area contributed by atoms with Crippen LogP contribution in [-0.2, 0) is 6.42 Å². The van der Waals surface area contributed by atoms with Crippen molar-refractivity contribution in [2.24, 2.45) is 5.92 Å². The lowest BCUT2D eigenvalue weighted by Gasteiger charge is -2.19. The molecule has 0 bridgehead atoms. The summed E-state index contributed by atoms with van der Waals surface area (Å²) in [6.07, 6.45) is 7.08. The summed E-state index contributed by atoms with van der Waals surface area (Å²) in [5, 5.41) is 4.16. The molecule has 1 fully saturated rings. The second kappa shape index (κ2) is 6.56. The predicted molar refractivity (Wildman–Crippen MR) is 80.8 cm³/mol. The third kappa shape index (κ3) is 4.07. The number of aromatic nitrogens is 2. The van der Waals surface area contributed by atoms with E-state index in [2.05, 4.69) is 29.1 Å². The highest BCUT2D eigenvalue weighted by Gasteiger charge is 2.25. The molecule has 1 saturated carbocycles. The fourth-order valence-corrected chi connectivity index (χ4v) is 2.47. The Morgan fingerprint density at radius 3 is 2.63 bits per heavy atom. The highest BCUT2D eigenvalue weighted by atomic mass is 35.5. The molecule has 3 nitrogen and oxygen atoms in total. The Morgan fingerprint density at radius 2 is 2.05 bits per heavy atom. The Balaban J connectivity index is 2.11. The molecule has 0 aliphatic heterocycles. The number of hydrogen-bond donors (Lipinski definition) is 1. The smallest absolute Gasteiger partial charge is 0.137 e. The van der Waals surface area contributed by atoms with E-state index in [4.69, 9.17) is 11.6 Å². The van der Waals surface area contributed by atoms with Gasteiger partial charge in [-0.15, -0.1) is 0 Å². The second-order valence-electron chi connectivity index (χ2n) is 5.58. The van der Waals surface area contributed by atoms with Gasteiger partial charge in [0.1, 0.15) is 16.8 Å². The van der Waals surface area contributed by atoms with Crippen molar-refractivity contribution in [3.63, 3.8) is 0 Å². The van der Waals surface area contributed by atoms with Gasteiger partial charge in [-0.05, 0) is 32.1 Å². The Morgan fingerprint density at radius 1 is 1.32 bits per heavy atom. The number of anilines is 1. The van der Waals surface area contributed by atoms with Gasteiger partial charge in [-0.3, -0.25) is 0 Å². The summed E-state index contributed by atoms with van der Waals surface area (Å²) in [5.74, 6) is 2.70. The summed E-state index contributed by atoms with van der Waals surface area (Å²) in [5.41, 5.74) is 0.968. The van der Waals surface area contributed by atoms with Crippen LogP contribution in [0.15, 0.2) is 0 Å². The molecule has 1 atom stereocenters. The predicted octanol–water partition coefficient (Wildman–Crippen LogP) is 4.38. The van der Waals surface area contributed by atoms with Gasteiger partial charge in [0.2, 0.25) is 0 Å². The fraction of sp³-hybridized carbons (Fsp3) is 0.733. The number of nitrogens with zero attached hydrogens (tertiary/aromatic N) is 2. The van der Waals surface area contributed by atoms with Gasteiger partial charge in [0.15, 0.2) is 0 Å². The van der Waals surface area contributed by atoms with Gasteiger partial charge < -0.3 is 5.32 Å². The van der Waals surface area contributed by atoms with Crippen molar-refractivity contribution in [1.29, 1.82) is 0 Å². The van der Waals surface area contributed by atoms with Gasteiger partial charge in [0.05, 0.1) is 0 Å². The molecule has 1 unspecified atom stereocenters. The Hall–Kier alpha value is -0.830. The van der Waals surface area contributed by atoms with Crippen LogP contribution in [0.25, 0.3) is 0 Å². The van der Waals surface area contributed by atoms with E-state index in [0.29, 0.717) is 11.2 Å². The number of aryl methyl sites for hydroxylation is 1. The Kier molecular flexibility index (Phi) is 5.03. The third-order valence-corrected chi connectivity index (χ3v) is 4.12. The van der Waals surface area contributed by atoms with Crippen LogP contribution in [-0.4, -0.2) is 16.0 Å². The van der Waals surface area contributed by atoms with E-state index in [1.165, 1.54) is 19.3 Å². The van der Waals surface area contributed by atoms with Crippen molar-refractivity contribution < 1.29 is 0 Å². The Bertz CT molecular complexity index is 430. The number of rotatable bonds is 7. The third-order valence-electron chi connectivity index (χ3n) is 3.75. The van der Waals surface area contributed by atoms with Crippen LogP contribution >= 0.6 is 11.6 Å². The van der Waals surface area contributed by atoms with E-state index in [0.717, 1.165) is 42.4 Å². The summed E-state index contributed by atoms with van der Waals surface area (Å²) in [4.78, 5) is 8.98. The van der Waals surface area contributed by atoms with Crippen molar-refractivity contribution in [3.05, 3.63) is 16.5 Å². The van der Waals surface area contributed by atoms with Gasteiger partial charge in [-0.25, -0.2) is 9.97 Å². The molecule has 1 aliphatic carbocycles. The molecule has 1 aromatic rings. The summed E-state index contributed by atoms with van der Waals surface area (Å²) < 4.78 is 0. The minimum atomic E-state index is 0.506. The molecule has 1 N–H and O–H groups in total. The lowest BCUT2D eigenvalue weighted by atomic mass is 10.1. The van der Waals surface area contributed by atoms with Crippen LogP contribution < -0.4 is 5.32 Å². The molecule has 0 radical (unpaired) electrons. The molecule has 0 amide bonds. The zero-order chi connectivity index (χ0) is 13.8. The molecule has 1 aliphatic rings. The van der Waals surface area contributed by atoms with Crippen LogP contribution in [0.1, 0.15) is 57.3 Å². The van der Waals surface area contributed by atoms with E-state index in [-0.39, 0.29) is 0 Å². The lowest BCUT2D eigenvalue weighted by Crippen LogP contribution is -2.21. The highest BCUT2D eigenvalue weighted by molar-refractivity contribution is 6.30. The minimum absolute atomic E-state index is 0.506. The second-order valence-corrected chi connectivity index (χ2v) is 5.94. The summed E-state index contributed by atoms with van der Waals surface area (Å²) in [7, 11) is 0. The number of halogens is 1. The van der Waals surface area contributed by atoms with Crippen LogP contribution in [0.5, 0.6) is 0 Å². The van der Waals surface area contributed by atoms with Crippen molar-refractivity contribution in [2.75, 3.05) is 5.32 Å². The minimum Gasteiger partial charge on any atom is -0.367 e. The first-order chi connectivity index (χ1) is 9.13. The zero-order valence-electron chi connectivity index (χ0n) is 12.2. The van der Waals surface area contributed by atoms with Crippen molar-refractivity contribution in [2.45, 2.75) is 65.3 Å². The largest absolute Gasteiger partial charge is 0.367 e. The van der Waals surface area contributed by atoms with Gasteiger partial charge in [0, 0.05) is 18.0 Å². The molecule has 106 valence electrons. The summed E-state index contributed by atoms with van der Waals surface area (Å²) >= 11 is 6.21. The molecular formula is C15H24ClN3. The van der Waals surface area contributed by atoms with Crippen molar-refractivity contribution in [3.8, 4) is 0 Å². The molecule has 2 rings (SSSR count). The monoisotopic (exact) mass is 281 g/mol. The van der Waals surface area contributed by atoms with E-state index in [1.54, 1.807) is 0 Å². The SMILES string of the molecule is CCCc1nc(Cl)c(C)c(NC(CC)CC2CC2)n1. The molecule has 0 spiro atoms. The molecule has 19 heavy (non-hydrogen) atoms. The molecule has 1 aromatic heterocycles. The zero-order valence-corrected chi connectivity index (χ0v) is 12.9. The maximum atomic E-state index is 6.21. The average Bonchev–Trinajstić information content (AvgIpc) is 3.18. The molecule has 0 saturated heterocycles. The van der Waals surface area contributed by atoms with Gasteiger partial charge in [-0.2, -0.15) is 0 Å². The first-order valence-corrected chi connectivity index (χ1v) is 7.81. The van der Waals surface area contributed by atoms with Gasteiger partial charge >= 0.3 is 0 Å².